The van der Waals surface area contributed by atoms with E-state index in [-0.39, 0.29) is 10.5 Å². The first-order chi connectivity index (χ1) is 19.8. The highest BCUT2D eigenvalue weighted by molar-refractivity contribution is 7.89. The van der Waals surface area contributed by atoms with Gasteiger partial charge in [-0.25, -0.2) is 22.3 Å². The molecule has 0 saturated heterocycles. The second-order valence-corrected chi connectivity index (χ2v) is 11.2. The number of hydrogen-bond donors (Lipinski definition) is 0. The molecule has 2 aliphatic heterocycles. The Bertz CT molecular complexity index is 1710. The maximum Gasteiger partial charge on any atom is 0.356 e. The van der Waals surface area contributed by atoms with Crippen LogP contribution in [0.25, 0.3) is 11.4 Å². The lowest BCUT2D eigenvalue weighted by Gasteiger charge is -2.37. The fraction of sp³-hybridized carbons (Fsp3) is 0.125. The second kappa shape index (κ2) is 11.3. The number of carbonyl (C=O) groups is 2. The Labute approximate surface area is 239 Å². The molecule has 9 heteroatoms. The minimum Gasteiger partial charge on any atom is -0.466 e. The first-order valence-corrected chi connectivity index (χ1v) is 14.2. The summed E-state index contributed by atoms with van der Waals surface area (Å²) in [7, 11) is -2.11. The van der Waals surface area contributed by atoms with Gasteiger partial charge in [-0.15, -0.1) is 0 Å². The summed E-state index contributed by atoms with van der Waals surface area (Å²) >= 11 is 0. The highest BCUT2D eigenvalue weighted by Crippen LogP contribution is 2.42. The molecule has 0 fully saturated rings. The molecule has 1 atom stereocenters. The predicted octanol–water partition coefficient (Wildman–Crippen LogP) is 4.88. The van der Waals surface area contributed by atoms with Crippen molar-refractivity contribution in [3.63, 3.8) is 0 Å². The molecule has 2 aliphatic rings. The summed E-state index contributed by atoms with van der Waals surface area (Å²) in [5, 5.41) is 0. The van der Waals surface area contributed by atoms with Gasteiger partial charge >= 0.3 is 11.9 Å². The summed E-state index contributed by atoms with van der Waals surface area (Å²) in [6, 6.07) is 24.0. The summed E-state index contributed by atoms with van der Waals surface area (Å²) in [5.41, 5.74) is 2.82. The Morgan fingerprint density at radius 1 is 0.756 bits per heavy atom. The van der Waals surface area contributed by atoms with Crippen molar-refractivity contribution in [2.24, 2.45) is 0 Å². The molecular weight excluding hydrogens is 540 g/mol. The SMILES string of the molecule is COC(=O)C1=C(C(=O)OC)N(S(=O)(=O)c2ccc(C)cc2)C=C(c2ccccc2)N2C(c3ccccc3)=CC=CC12. The maximum atomic E-state index is 14.3. The fourth-order valence-electron chi connectivity index (χ4n) is 4.87. The summed E-state index contributed by atoms with van der Waals surface area (Å²) in [6.07, 6.45) is 6.74. The monoisotopic (exact) mass is 568 g/mol. The van der Waals surface area contributed by atoms with E-state index in [1.165, 1.54) is 25.4 Å². The van der Waals surface area contributed by atoms with E-state index >= 15 is 0 Å². The lowest BCUT2D eigenvalue weighted by Crippen LogP contribution is -2.38. The van der Waals surface area contributed by atoms with Crippen LogP contribution < -0.4 is 0 Å². The summed E-state index contributed by atoms with van der Waals surface area (Å²) < 4.78 is 39.7. The third-order valence-electron chi connectivity index (χ3n) is 6.86. The van der Waals surface area contributed by atoms with Gasteiger partial charge in [-0.2, -0.15) is 0 Å². The molecule has 5 rings (SSSR count). The van der Waals surface area contributed by atoms with Crippen LogP contribution >= 0.6 is 0 Å². The van der Waals surface area contributed by atoms with E-state index in [4.69, 9.17) is 9.47 Å². The smallest absolute Gasteiger partial charge is 0.356 e. The normalized spacial score (nSPS) is 16.8. The zero-order chi connectivity index (χ0) is 29.1. The number of rotatable bonds is 6. The predicted molar refractivity (Wildman–Crippen MR) is 155 cm³/mol. The highest BCUT2D eigenvalue weighted by atomic mass is 32.2. The standard InChI is InChI=1S/C32H28N2O6S/c1-22-17-19-25(20-18-22)41(37,38)33-21-28(24-13-8-5-9-14-24)34-26(23-11-6-4-7-12-23)15-10-16-27(34)29(31(35)39-2)30(33)32(36)40-3/h4-21,27H,1-3H3. The Morgan fingerprint density at radius 3 is 1.88 bits per heavy atom. The number of fused-ring (bicyclic) bond motifs is 1. The molecule has 0 bridgehead atoms. The molecule has 208 valence electrons. The van der Waals surface area contributed by atoms with Gasteiger partial charge in [0.25, 0.3) is 10.0 Å². The molecule has 0 aliphatic carbocycles. The maximum absolute atomic E-state index is 14.3. The summed E-state index contributed by atoms with van der Waals surface area (Å²) in [5.74, 6) is -1.87. The van der Waals surface area contributed by atoms with Crippen LogP contribution in [0.3, 0.4) is 0 Å². The molecule has 1 unspecified atom stereocenters. The number of carbonyl (C=O) groups excluding carboxylic acids is 2. The van der Waals surface area contributed by atoms with Gasteiger partial charge in [0.05, 0.1) is 36.4 Å². The minimum absolute atomic E-state index is 0.0633. The van der Waals surface area contributed by atoms with Crippen LogP contribution in [0.4, 0.5) is 0 Å². The summed E-state index contributed by atoms with van der Waals surface area (Å²) in [6.45, 7) is 1.84. The number of sulfonamides is 1. The highest BCUT2D eigenvalue weighted by Gasteiger charge is 2.44. The van der Waals surface area contributed by atoms with Crippen molar-refractivity contribution in [3.8, 4) is 0 Å². The number of hydrogen-bond acceptors (Lipinski definition) is 7. The largest absolute Gasteiger partial charge is 0.466 e. The van der Waals surface area contributed by atoms with Gasteiger partial charge in [0, 0.05) is 11.9 Å². The van der Waals surface area contributed by atoms with Gasteiger partial charge in [0.2, 0.25) is 0 Å². The van der Waals surface area contributed by atoms with Gasteiger partial charge in [0.1, 0.15) is 0 Å². The second-order valence-electron chi connectivity index (χ2n) is 9.36. The van der Waals surface area contributed by atoms with Crippen LogP contribution in [0.15, 0.2) is 126 Å². The molecule has 3 aromatic rings. The van der Waals surface area contributed by atoms with Gasteiger partial charge in [-0.1, -0.05) is 90.5 Å². The van der Waals surface area contributed by atoms with Gasteiger partial charge < -0.3 is 14.4 Å². The Balaban J connectivity index is 1.89. The molecule has 3 aromatic carbocycles. The third kappa shape index (κ3) is 5.07. The van der Waals surface area contributed by atoms with E-state index in [1.54, 1.807) is 24.3 Å². The zero-order valence-electron chi connectivity index (χ0n) is 22.7. The average Bonchev–Trinajstić information content (AvgIpc) is 3.17. The van der Waals surface area contributed by atoms with E-state index in [9.17, 15) is 18.0 Å². The van der Waals surface area contributed by atoms with Gasteiger partial charge in [-0.3, -0.25) is 0 Å². The molecular formula is C32H28N2O6S. The van der Waals surface area contributed by atoms with Gasteiger partial charge in [0.15, 0.2) is 5.70 Å². The first kappa shape index (κ1) is 27.7. The molecule has 0 amide bonds. The number of allylic oxidation sites excluding steroid dienone is 2. The van der Waals surface area contributed by atoms with Crippen molar-refractivity contribution in [2.45, 2.75) is 17.9 Å². The minimum atomic E-state index is -4.43. The number of nitrogens with zero attached hydrogens (tertiary/aromatic N) is 2. The molecule has 0 N–H and O–H groups in total. The first-order valence-electron chi connectivity index (χ1n) is 12.8. The molecule has 41 heavy (non-hydrogen) atoms. The average molecular weight is 569 g/mol. The van der Waals surface area contributed by atoms with E-state index in [0.717, 1.165) is 22.5 Å². The lowest BCUT2D eigenvalue weighted by atomic mass is 9.95. The fourth-order valence-corrected chi connectivity index (χ4v) is 6.23. The number of benzene rings is 3. The van der Waals surface area contributed by atoms with Crippen LogP contribution in [0, 0.1) is 6.92 Å². The third-order valence-corrected chi connectivity index (χ3v) is 8.53. The van der Waals surface area contributed by atoms with Crippen LogP contribution in [0.5, 0.6) is 0 Å². The van der Waals surface area contributed by atoms with Crippen molar-refractivity contribution >= 4 is 33.4 Å². The van der Waals surface area contributed by atoms with E-state index in [0.29, 0.717) is 17.0 Å². The van der Waals surface area contributed by atoms with E-state index in [2.05, 4.69) is 0 Å². The zero-order valence-corrected chi connectivity index (χ0v) is 23.5. The van der Waals surface area contributed by atoms with Crippen molar-refractivity contribution < 1.29 is 27.5 Å². The van der Waals surface area contributed by atoms with Gasteiger partial charge in [-0.05, 0) is 36.3 Å². The molecule has 8 nitrogen and oxygen atoms in total. The quantitative estimate of drug-likeness (QED) is 0.392. The van der Waals surface area contributed by atoms with Crippen molar-refractivity contribution in [2.75, 3.05) is 14.2 Å². The van der Waals surface area contributed by atoms with Crippen LogP contribution in [0.1, 0.15) is 16.7 Å². The molecule has 2 heterocycles. The molecule has 0 aromatic heterocycles. The lowest BCUT2D eigenvalue weighted by molar-refractivity contribution is -0.140. The Kier molecular flexibility index (Phi) is 7.63. The Hall–Kier alpha value is -4.89. The van der Waals surface area contributed by atoms with Crippen LogP contribution in [-0.2, 0) is 29.1 Å². The van der Waals surface area contributed by atoms with Crippen LogP contribution in [-0.4, -0.2) is 49.8 Å². The topological polar surface area (TPSA) is 93.2 Å². The molecule has 0 saturated carbocycles. The summed E-state index contributed by atoms with van der Waals surface area (Å²) in [4.78, 5) is 28.8. The van der Waals surface area contributed by atoms with E-state index in [1.807, 2.05) is 78.6 Å². The van der Waals surface area contributed by atoms with Crippen LogP contribution in [0.2, 0.25) is 0 Å². The Morgan fingerprint density at radius 2 is 1.32 bits per heavy atom. The molecule has 0 spiro atoms. The van der Waals surface area contributed by atoms with Crippen molar-refractivity contribution in [1.82, 2.24) is 9.21 Å². The number of aryl methyl sites for hydroxylation is 1. The van der Waals surface area contributed by atoms with Crippen molar-refractivity contribution in [1.29, 1.82) is 0 Å². The van der Waals surface area contributed by atoms with Crippen molar-refractivity contribution in [3.05, 3.63) is 137 Å². The number of esters is 2. The molecule has 0 radical (unpaired) electrons. The number of ether oxygens (including phenoxy) is 2. The number of methoxy groups -OCH3 is 2. The van der Waals surface area contributed by atoms with E-state index < -0.39 is 33.7 Å².